The fourth-order valence-electron chi connectivity index (χ4n) is 6.21. The molecule has 21 heteroatoms. The lowest BCUT2D eigenvalue weighted by atomic mass is 9.88. The zero-order chi connectivity index (χ0) is 41.0. The Morgan fingerprint density at radius 3 is 2.33 bits per heavy atom. The van der Waals surface area contributed by atoms with Crippen LogP contribution in [0.1, 0.15) is 44.3 Å². The van der Waals surface area contributed by atoms with Gasteiger partial charge in [-0.05, 0) is 36.2 Å². The summed E-state index contributed by atoms with van der Waals surface area (Å²) < 4.78 is 7.04. The molecule has 4 atom stereocenters. The Morgan fingerprint density at radius 1 is 1.00 bits per heavy atom. The number of phenolic OH excluding ortho intramolecular Hbond substituents is 2. The van der Waals surface area contributed by atoms with Gasteiger partial charge in [0.05, 0.1) is 5.69 Å². The number of thioether (sulfide) groups is 2. The van der Waals surface area contributed by atoms with Crippen LogP contribution in [0.3, 0.4) is 0 Å². The number of carbonyl (C=O) groups is 5. The van der Waals surface area contributed by atoms with Crippen LogP contribution in [0.25, 0.3) is 0 Å². The van der Waals surface area contributed by atoms with Gasteiger partial charge in [-0.3, -0.25) is 24.6 Å². The van der Waals surface area contributed by atoms with E-state index in [0.29, 0.717) is 4.34 Å². The molecule has 2 aliphatic rings. The summed E-state index contributed by atoms with van der Waals surface area (Å²) in [6.45, 7) is 1.85. The molecular formula is C37H35N9O8S4. The van der Waals surface area contributed by atoms with Crippen molar-refractivity contribution < 1.29 is 38.9 Å². The molecular weight excluding hydrogens is 827 g/mol. The lowest BCUT2D eigenvalue weighted by molar-refractivity contribution is -0.164. The van der Waals surface area contributed by atoms with E-state index in [1.165, 1.54) is 46.3 Å². The molecule has 3 aromatic carbocycles. The van der Waals surface area contributed by atoms with E-state index in [1.807, 2.05) is 67.6 Å². The van der Waals surface area contributed by atoms with Crippen LogP contribution in [0.5, 0.6) is 11.5 Å². The molecule has 0 aliphatic carbocycles. The standard InChI is InChI=1S/C37H35N9O8S4/c1-19-42-45-36(58-19)57-18-37(33(52)54-28(20-8-4-2-5-9-20)21-10-6-3-7-11-21)16-46-31(51)27(32(46)56-17-37)40-30(50)26(23-15-55-34(38)39-23)41-35(53)44-43-29(49)22-12-13-24(47)25(48)14-22/h2-15,26-28,32,47-48H,16-18H2,1H3,(H2,38,39)(H,40,50)(H,43,49)(H2,41,44,53)/t26?,27?,32-,37?/m1/s1. The summed E-state index contributed by atoms with van der Waals surface area (Å²) in [7, 11) is 0. The predicted molar refractivity (Wildman–Crippen MR) is 217 cm³/mol. The SMILES string of the molecule is Cc1nnc(SCC2(C(=O)OC(c3ccccc3)c3ccccc3)CS[C@@H]3C(NC(=O)C(NC(=O)NNC(=O)c4ccc(O)c(O)c4)c4csc(N)n4)C(=O)N3C2)s1. The minimum atomic E-state index is -1.44. The number of nitrogens with zero attached hydrogens (tertiary/aromatic N) is 4. The number of benzene rings is 3. The highest BCUT2D eigenvalue weighted by molar-refractivity contribution is 8.01. The number of aromatic nitrogens is 3. The molecule has 8 N–H and O–H groups in total. The minimum absolute atomic E-state index is 0.0149. The van der Waals surface area contributed by atoms with Crippen LogP contribution in [0.2, 0.25) is 0 Å². The summed E-state index contributed by atoms with van der Waals surface area (Å²) in [5.41, 5.74) is 10.5. The zero-order valence-electron chi connectivity index (χ0n) is 30.4. The van der Waals surface area contributed by atoms with Gasteiger partial charge in [0, 0.05) is 29.0 Å². The number of thiazole rings is 1. The molecule has 0 radical (unpaired) electrons. The van der Waals surface area contributed by atoms with Crippen molar-refractivity contribution in [3.63, 3.8) is 0 Å². The number of β-lactam (4-membered cyclic amide) rings is 1. The van der Waals surface area contributed by atoms with Crippen LogP contribution in [-0.4, -0.2) is 89.5 Å². The zero-order valence-corrected chi connectivity index (χ0v) is 33.6. The van der Waals surface area contributed by atoms with Crippen molar-refractivity contribution in [3.05, 3.63) is 112 Å². The molecule has 2 aliphatic heterocycles. The van der Waals surface area contributed by atoms with Gasteiger partial charge in [-0.1, -0.05) is 83.8 Å². The van der Waals surface area contributed by atoms with E-state index >= 15 is 0 Å². The lowest BCUT2D eigenvalue weighted by Gasteiger charge is -2.54. The second-order valence-electron chi connectivity index (χ2n) is 13.2. The van der Waals surface area contributed by atoms with Gasteiger partial charge in [-0.2, -0.15) is 0 Å². The van der Waals surface area contributed by atoms with Gasteiger partial charge in [0.2, 0.25) is 11.8 Å². The molecule has 0 spiro atoms. The number of carbonyl (C=O) groups excluding carboxylic acids is 5. The van der Waals surface area contributed by atoms with Gasteiger partial charge in [0.1, 0.15) is 21.8 Å². The number of nitrogens with two attached hydrogens (primary N) is 1. The van der Waals surface area contributed by atoms with Crippen molar-refractivity contribution >= 4 is 81.1 Å². The first-order chi connectivity index (χ1) is 27.9. The quantitative estimate of drug-likeness (QED) is 0.0312. The summed E-state index contributed by atoms with van der Waals surface area (Å²) in [5, 5.41) is 34.5. The molecule has 2 aromatic heterocycles. The number of urea groups is 1. The molecule has 2 fully saturated rings. The van der Waals surface area contributed by atoms with E-state index in [0.717, 1.165) is 39.6 Å². The van der Waals surface area contributed by atoms with Crippen LogP contribution in [0, 0.1) is 12.3 Å². The van der Waals surface area contributed by atoms with E-state index < -0.39 is 70.2 Å². The Bertz CT molecular complexity index is 2290. The molecule has 3 unspecified atom stereocenters. The molecule has 300 valence electrons. The summed E-state index contributed by atoms with van der Waals surface area (Å²) in [6, 6.07) is 18.7. The van der Waals surface area contributed by atoms with Crippen LogP contribution < -0.4 is 27.2 Å². The highest BCUT2D eigenvalue weighted by Crippen LogP contribution is 2.46. The molecule has 5 amide bonds. The highest BCUT2D eigenvalue weighted by atomic mass is 32.2. The van der Waals surface area contributed by atoms with Crippen molar-refractivity contribution in [1.82, 2.24) is 41.6 Å². The summed E-state index contributed by atoms with van der Waals surface area (Å²) >= 11 is 5.11. The maximum absolute atomic E-state index is 14.5. The number of rotatable bonds is 12. The number of phenols is 2. The molecule has 4 heterocycles. The number of fused-ring (bicyclic) bond motifs is 1. The smallest absolute Gasteiger partial charge is 0.334 e. The normalized spacial score (nSPS) is 19.0. The first-order valence-electron chi connectivity index (χ1n) is 17.5. The monoisotopic (exact) mass is 861 g/mol. The Labute approximate surface area is 347 Å². The van der Waals surface area contributed by atoms with Gasteiger partial charge in [-0.15, -0.1) is 33.3 Å². The number of ether oxygens (including phenoxy) is 1. The van der Waals surface area contributed by atoms with E-state index in [4.69, 9.17) is 10.5 Å². The minimum Gasteiger partial charge on any atom is -0.504 e. The van der Waals surface area contributed by atoms with Crippen LogP contribution >= 0.6 is 46.2 Å². The fraction of sp³-hybridized carbons (Fsp3) is 0.243. The lowest BCUT2D eigenvalue weighted by Crippen LogP contribution is -2.74. The van der Waals surface area contributed by atoms with Crippen LogP contribution in [-0.2, 0) is 19.1 Å². The average Bonchev–Trinajstić information content (AvgIpc) is 3.87. The van der Waals surface area contributed by atoms with Gasteiger partial charge in [-0.25, -0.2) is 15.2 Å². The van der Waals surface area contributed by atoms with E-state index in [-0.39, 0.29) is 34.4 Å². The second-order valence-corrected chi connectivity index (χ2v) is 17.6. The fourth-order valence-corrected chi connectivity index (χ4v) is 10.5. The third-order valence-electron chi connectivity index (χ3n) is 9.18. The molecule has 2 saturated heterocycles. The second kappa shape index (κ2) is 17.3. The number of aromatic hydroxyl groups is 2. The number of hydrogen-bond acceptors (Lipinski definition) is 16. The number of hydrazine groups is 1. The molecule has 0 bridgehead atoms. The maximum atomic E-state index is 14.5. The first kappa shape index (κ1) is 40.3. The number of nitrogens with one attached hydrogen (secondary N) is 4. The number of aryl methyl sites for hydroxylation is 1. The third-order valence-corrected chi connectivity index (χ3v) is 13.7. The Balaban J connectivity index is 1.05. The summed E-state index contributed by atoms with van der Waals surface area (Å²) in [6.07, 6.45) is -0.710. The van der Waals surface area contributed by atoms with Crippen molar-refractivity contribution in [1.29, 1.82) is 0 Å². The van der Waals surface area contributed by atoms with Gasteiger partial charge >= 0.3 is 12.0 Å². The highest BCUT2D eigenvalue weighted by Gasteiger charge is 2.58. The predicted octanol–water partition coefficient (Wildman–Crippen LogP) is 3.49. The number of nitrogen functional groups attached to an aromatic ring is 1. The van der Waals surface area contributed by atoms with E-state index in [1.54, 1.807) is 4.90 Å². The maximum Gasteiger partial charge on any atom is 0.334 e. The summed E-state index contributed by atoms with van der Waals surface area (Å²) in [4.78, 5) is 73.2. The third kappa shape index (κ3) is 8.81. The number of amides is 5. The number of hydrogen-bond donors (Lipinski definition) is 7. The van der Waals surface area contributed by atoms with Crippen molar-refractivity contribution in [2.75, 3.05) is 23.8 Å². The Kier molecular flexibility index (Phi) is 12.0. The number of esters is 1. The molecule has 0 saturated carbocycles. The largest absolute Gasteiger partial charge is 0.504 e. The number of anilines is 1. The van der Waals surface area contributed by atoms with E-state index in [2.05, 4.69) is 36.7 Å². The molecule has 58 heavy (non-hydrogen) atoms. The molecule has 5 aromatic rings. The van der Waals surface area contributed by atoms with Crippen LogP contribution in [0.4, 0.5) is 9.93 Å². The van der Waals surface area contributed by atoms with Gasteiger partial charge in [0.15, 0.2) is 33.1 Å². The van der Waals surface area contributed by atoms with Crippen molar-refractivity contribution in [2.45, 2.75) is 34.8 Å². The Hall–Kier alpha value is -5.90. The van der Waals surface area contributed by atoms with Crippen molar-refractivity contribution in [3.8, 4) is 11.5 Å². The van der Waals surface area contributed by atoms with E-state index in [9.17, 15) is 34.2 Å². The molecule has 7 rings (SSSR count). The van der Waals surface area contributed by atoms with Gasteiger partial charge < -0.3 is 36.2 Å². The first-order valence-corrected chi connectivity index (χ1v) is 21.2. The average molecular weight is 862 g/mol. The Morgan fingerprint density at radius 2 is 1.71 bits per heavy atom. The topological polar surface area (TPSA) is 251 Å². The van der Waals surface area contributed by atoms with Crippen LogP contribution in [0.15, 0.2) is 88.6 Å². The van der Waals surface area contributed by atoms with Gasteiger partial charge in [0.25, 0.3) is 5.91 Å². The summed E-state index contributed by atoms with van der Waals surface area (Å²) in [5.74, 6) is -3.01. The molecule has 17 nitrogen and oxygen atoms in total. The van der Waals surface area contributed by atoms with Crippen molar-refractivity contribution in [2.24, 2.45) is 5.41 Å².